The molecule has 58 valence electrons. The molecule has 1 atom stereocenters. The molecule has 0 amide bonds. The summed E-state index contributed by atoms with van der Waals surface area (Å²) in [5.41, 5.74) is 0. The number of thiol groups is 1. The van der Waals surface area contributed by atoms with E-state index >= 15 is 0 Å². The van der Waals surface area contributed by atoms with Crippen molar-refractivity contribution in [2.24, 2.45) is 0 Å². The summed E-state index contributed by atoms with van der Waals surface area (Å²) in [6.07, 6.45) is 0. The van der Waals surface area contributed by atoms with Gasteiger partial charge in [-0.15, -0.1) is 0 Å². The second kappa shape index (κ2) is 3.62. The lowest BCUT2D eigenvalue weighted by Crippen LogP contribution is -2.37. The molecular weight excluding hydrogens is 155 g/mol. The molecule has 0 aliphatic heterocycles. The molecule has 0 aromatic carbocycles. The number of nitrogens with one attached hydrogen (secondary N) is 1. The summed E-state index contributed by atoms with van der Waals surface area (Å²) in [6, 6.07) is 0. The first-order valence-electron chi connectivity index (χ1n) is 2.82. The smallest absolute Gasteiger partial charge is 0.00480 e. The maximum atomic E-state index is 11.3. The van der Waals surface area contributed by atoms with Crippen LogP contribution in [-0.4, -0.2) is 29.2 Å². The van der Waals surface area contributed by atoms with Crippen molar-refractivity contribution in [2.75, 3.05) is 20.6 Å². The molecule has 0 saturated carbocycles. The summed E-state index contributed by atoms with van der Waals surface area (Å²) in [7, 11) is 3.63. The topological polar surface area (TPSA) is 32.3 Å². The second-order valence-corrected chi connectivity index (χ2v) is 6.44. The monoisotopic (exact) mass is 170 g/mol. The van der Waals surface area contributed by atoms with Crippen molar-refractivity contribution in [3.05, 3.63) is 0 Å². The standard InChI is InChI=1S/C4H15N2OPS/c1-4-5-9(7,8)6(2)3/h9H,4,8H2,1-3H3,(H,5,7). The Labute approximate surface area is 59.8 Å². The van der Waals surface area contributed by atoms with Crippen molar-refractivity contribution >= 4 is 18.4 Å². The van der Waals surface area contributed by atoms with E-state index in [0.717, 1.165) is 6.54 Å². The number of nitrogens with zero attached hydrogens (tertiary/aromatic N) is 1. The van der Waals surface area contributed by atoms with Crippen molar-refractivity contribution in [1.82, 2.24) is 9.03 Å². The third-order valence-corrected chi connectivity index (χ3v) is 4.87. The van der Waals surface area contributed by atoms with Gasteiger partial charge in [-0.1, -0.05) is 6.92 Å². The summed E-state index contributed by atoms with van der Waals surface area (Å²) in [6.45, 7) is 2.67. The van der Waals surface area contributed by atoms with Crippen LogP contribution >= 0.6 is 8.44 Å². The fourth-order valence-corrected chi connectivity index (χ4v) is 1.65. The molecule has 0 aromatic heterocycles. The fourth-order valence-electron chi connectivity index (χ4n) is 0.368. The van der Waals surface area contributed by atoms with Gasteiger partial charge < -0.3 is 0 Å². The van der Waals surface area contributed by atoms with Gasteiger partial charge >= 0.3 is 0 Å². The Hall–Kier alpha value is 0.500. The summed E-state index contributed by atoms with van der Waals surface area (Å²) in [4.78, 5) is 0. The predicted octanol–water partition coefficient (Wildman–Crippen LogP) is -0.206. The Morgan fingerprint density at radius 1 is 1.67 bits per heavy atom. The van der Waals surface area contributed by atoms with Crippen LogP contribution in [0, 0.1) is 0 Å². The van der Waals surface area contributed by atoms with Crippen LogP contribution in [-0.2, 0) is 9.92 Å². The molecule has 0 fully saturated rings. The lowest BCUT2D eigenvalue weighted by molar-refractivity contribution is 0.585. The van der Waals surface area contributed by atoms with Gasteiger partial charge in [0.05, 0.1) is 0 Å². The van der Waals surface area contributed by atoms with Crippen molar-refractivity contribution in [2.45, 2.75) is 6.92 Å². The molecule has 3 nitrogen and oxygen atoms in total. The van der Waals surface area contributed by atoms with E-state index < -0.39 is 9.92 Å². The molecule has 0 spiro atoms. The molecule has 0 aromatic rings. The molecule has 0 heterocycles. The molecule has 0 bridgehead atoms. The third kappa shape index (κ3) is 3.26. The van der Waals surface area contributed by atoms with E-state index in [-0.39, 0.29) is 0 Å². The van der Waals surface area contributed by atoms with E-state index in [4.69, 9.17) is 0 Å². The van der Waals surface area contributed by atoms with Gasteiger partial charge in [0.2, 0.25) is 0 Å². The minimum absolute atomic E-state index is 0.735. The Morgan fingerprint density at radius 2 is 2.11 bits per heavy atom. The summed E-state index contributed by atoms with van der Waals surface area (Å²) in [5.74, 6) is 0. The average molecular weight is 170 g/mol. The SMILES string of the molecule is CCN[SH](=O)(P)N(C)C. The van der Waals surface area contributed by atoms with Crippen LogP contribution in [0.15, 0.2) is 0 Å². The molecule has 0 aliphatic carbocycles. The van der Waals surface area contributed by atoms with Gasteiger partial charge in [-0.2, -0.15) is 0 Å². The first kappa shape index (κ1) is 9.50. The van der Waals surface area contributed by atoms with Crippen LogP contribution in [0.4, 0.5) is 0 Å². The van der Waals surface area contributed by atoms with Gasteiger partial charge in [0.1, 0.15) is 0 Å². The molecule has 0 aliphatic rings. The van der Waals surface area contributed by atoms with Crippen molar-refractivity contribution in [3.63, 3.8) is 0 Å². The third-order valence-electron chi connectivity index (χ3n) is 0.979. The fraction of sp³-hybridized carbons (Fsp3) is 1.00. The van der Waals surface area contributed by atoms with Crippen LogP contribution in [0.2, 0.25) is 0 Å². The molecule has 5 heteroatoms. The van der Waals surface area contributed by atoms with Crippen LogP contribution in [0.1, 0.15) is 6.92 Å². The van der Waals surface area contributed by atoms with Gasteiger partial charge in [0, 0.05) is 16.5 Å². The predicted molar refractivity (Wildman–Crippen MR) is 46.6 cm³/mol. The summed E-state index contributed by atoms with van der Waals surface area (Å²) in [5, 5.41) is 0. The largest absolute Gasteiger partial charge is 0.254 e. The number of hydrogen-bond donors (Lipinski definition) is 2. The lowest BCUT2D eigenvalue weighted by Gasteiger charge is -2.26. The summed E-state index contributed by atoms with van der Waals surface area (Å²) < 4.78 is 15.8. The Morgan fingerprint density at radius 3 is 2.22 bits per heavy atom. The van der Waals surface area contributed by atoms with Gasteiger partial charge in [-0.3, -0.25) is 4.21 Å². The molecule has 0 saturated heterocycles. The van der Waals surface area contributed by atoms with Gasteiger partial charge in [0.15, 0.2) is 0 Å². The van der Waals surface area contributed by atoms with E-state index in [1.807, 2.05) is 6.92 Å². The number of hydrogen-bond acceptors (Lipinski definition) is 1. The molecule has 9 heavy (non-hydrogen) atoms. The highest BCUT2D eigenvalue weighted by molar-refractivity contribution is 8.42. The van der Waals surface area contributed by atoms with Gasteiger partial charge in [0.25, 0.3) is 0 Å². The normalized spacial score (nSPS) is 14.3. The van der Waals surface area contributed by atoms with Gasteiger partial charge in [-0.25, -0.2) is 9.03 Å². The second-order valence-electron chi connectivity index (χ2n) is 1.98. The quantitative estimate of drug-likeness (QED) is 0.446. The zero-order valence-corrected chi connectivity index (χ0v) is 8.14. The lowest BCUT2D eigenvalue weighted by atomic mass is 10.8. The van der Waals surface area contributed by atoms with Crippen LogP contribution < -0.4 is 4.72 Å². The Bertz CT molecular complexity index is 128. The van der Waals surface area contributed by atoms with E-state index in [2.05, 4.69) is 13.2 Å². The van der Waals surface area contributed by atoms with Gasteiger partial charge in [-0.05, 0) is 22.5 Å². The average Bonchev–Trinajstić information content (AvgIpc) is 1.65. The molecule has 0 radical (unpaired) electrons. The molecule has 1 N–H and O–H groups in total. The van der Waals surface area contributed by atoms with Crippen LogP contribution in [0.25, 0.3) is 0 Å². The zero-order valence-electron chi connectivity index (χ0n) is 6.09. The Kier molecular flexibility index (Phi) is 3.82. The molecule has 1 unspecified atom stereocenters. The Balaban J connectivity index is 3.87. The van der Waals surface area contributed by atoms with E-state index in [1.54, 1.807) is 18.4 Å². The first-order valence-corrected chi connectivity index (χ1v) is 6.10. The maximum absolute atomic E-state index is 11.3. The van der Waals surface area contributed by atoms with Crippen molar-refractivity contribution in [3.8, 4) is 0 Å². The highest BCUT2D eigenvalue weighted by Crippen LogP contribution is 2.10. The van der Waals surface area contributed by atoms with Crippen molar-refractivity contribution < 1.29 is 4.21 Å². The molecular formula is C4H15N2OPS. The maximum Gasteiger partial charge on any atom is 0.00480 e. The highest BCUT2D eigenvalue weighted by Gasteiger charge is 2.06. The van der Waals surface area contributed by atoms with E-state index in [9.17, 15) is 4.21 Å². The minimum Gasteiger partial charge on any atom is -0.254 e. The first-order chi connectivity index (χ1) is 4.00. The van der Waals surface area contributed by atoms with Crippen LogP contribution in [0.3, 0.4) is 0 Å². The number of rotatable bonds is 3. The molecule has 0 rings (SSSR count). The minimum atomic E-state index is -2.26. The highest BCUT2D eigenvalue weighted by atomic mass is 32.8. The van der Waals surface area contributed by atoms with Crippen molar-refractivity contribution in [1.29, 1.82) is 0 Å². The van der Waals surface area contributed by atoms with E-state index in [1.165, 1.54) is 0 Å². The zero-order chi connectivity index (χ0) is 7.49. The van der Waals surface area contributed by atoms with Crippen LogP contribution in [0.5, 0.6) is 0 Å². The van der Waals surface area contributed by atoms with E-state index in [0.29, 0.717) is 0 Å². The summed E-state index contributed by atoms with van der Waals surface area (Å²) >= 11 is 0.